The van der Waals surface area contributed by atoms with Gasteiger partial charge in [0, 0.05) is 6.54 Å². The minimum absolute atomic E-state index is 0.112. The van der Waals surface area contributed by atoms with E-state index in [9.17, 15) is 0 Å². The highest BCUT2D eigenvalue weighted by Crippen LogP contribution is 2.23. The minimum atomic E-state index is -0.112. The number of rotatable bonds is 3. The van der Waals surface area contributed by atoms with Gasteiger partial charge in [-0.15, -0.1) is 0 Å². The van der Waals surface area contributed by atoms with Gasteiger partial charge in [0.05, 0.1) is 22.2 Å². The maximum absolute atomic E-state index is 8.74. The third-order valence-electron chi connectivity index (χ3n) is 2.26. The number of halogens is 2. The van der Waals surface area contributed by atoms with E-state index >= 15 is 0 Å². The first-order valence-corrected chi connectivity index (χ1v) is 5.34. The molecule has 1 rings (SSSR count). The molecule has 1 unspecified atom stereocenters. The standard InChI is InChI=1S/C11H12Cl2N2/c1-8(6-14)15(2)7-9-3-4-10(12)11(13)5-9/h3-5,8H,7H2,1-2H3. The summed E-state index contributed by atoms with van der Waals surface area (Å²) in [5.41, 5.74) is 1.05. The molecule has 0 amide bonds. The zero-order valence-corrected chi connectivity index (χ0v) is 10.2. The van der Waals surface area contributed by atoms with Gasteiger partial charge in [-0.25, -0.2) is 0 Å². The van der Waals surface area contributed by atoms with Crippen molar-refractivity contribution in [1.29, 1.82) is 5.26 Å². The molecule has 0 aromatic heterocycles. The van der Waals surface area contributed by atoms with E-state index < -0.39 is 0 Å². The third kappa shape index (κ3) is 3.39. The first-order chi connectivity index (χ1) is 7.04. The first kappa shape index (κ1) is 12.3. The van der Waals surface area contributed by atoms with Crippen LogP contribution in [0.25, 0.3) is 0 Å². The lowest BCUT2D eigenvalue weighted by molar-refractivity contribution is 0.294. The number of nitrogens with zero attached hydrogens (tertiary/aromatic N) is 2. The Morgan fingerprint density at radius 3 is 2.60 bits per heavy atom. The van der Waals surface area contributed by atoms with Crippen molar-refractivity contribution in [2.24, 2.45) is 0 Å². The second kappa shape index (κ2) is 5.37. The molecule has 15 heavy (non-hydrogen) atoms. The lowest BCUT2D eigenvalue weighted by atomic mass is 10.2. The molecule has 1 aromatic rings. The highest BCUT2D eigenvalue weighted by Gasteiger charge is 2.08. The summed E-state index contributed by atoms with van der Waals surface area (Å²) >= 11 is 11.7. The van der Waals surface area contributed by atoms with Crippen LogP contribution >= 0.6 is 23.2 Å². The van der Waals surface area contributed by atoms with Crippen LogP contribution in [0, 0.1) is 11.3 Å². The molecule has 80 valence electrons. The zero-order valence-electron chi connectivity index (χ0n) is 8.67. The second-order valence-electron chi connectivity index (χ2n) is 3.47. The summed E-state index contributed by atoms with van der Waals surface area (Å²) in [7, 11) is 1.90. The SMILES string of the molecule is CC(C#N)N(C)Cc1ccc(Cl)c(Cl)c1. The van der Waals surface area contributed by atoms with Crippen LogP contribution in [0.4, 0.5) is 0 Å². The fourth-order valence-electron chi connectivity index (χ4n) is 1.16. The predicted molar refractivity (Wildman–Crippen MR) is 63.0 cm³/mol. The molecule has 0 aliphatic heterocycles. The maximum atomic E-state index is 8.74. The van der Waals surface area contributed by atoms with Gasteiger partial charge in [-0.1, -0.05) is 29.3 Å². The zero-order chi connectivity index (χ0) is 11.4. The molecular weight excluding hydrogens is 231 g/mol. The summed E-state index contributed by atoms with van der Waals surface area (Å²) in [6.07, 6.45) is 0. The van der Waals surface area contributed by atoms with E-state index in [0.29, 0.717) is 16.6 Å². The van der Waals surface area contributed by atoms with E-state index in [1.807, 2.05) is 31.0 Å². The molecule has 4 heteroatoms. The molecule has 0 spiro atoms. The Morgan fingerprint density at radius 2 is 2.07 bits per heavy atom. The molecule has 0 bridgehead atoms. The molecule has 1 aromatic carbocycles. The van der Waals surface area contributed by atoms with E-state index in [4.69, 9.17) is 28.5 Å². The number of hydrogen-bond donors (Lipinski definition) is 0. The van der Waals surface area contributed by atoms with Crippen molar-refractivity contribution in [3.63, 3.8) is 0 Å². The van der Waals surface area contributed by atoms with Crippen molar-refractivity contribution in [2.75, 3.05) is 7.05 Å². The number of hydrogen-bond acceptors (Lipinski definition) is 2. The van der Waals surface area contributed by atoms with Crippen LogP contribution in [-0.2, 0) is 6.54 Å². The van der Waals surface area contributed by atoms with Crippen molar-refractivity contribution >= 4 is 23.2 Å². The summed E-state index contributed by atoms with van der Waals surface area (Å²) in [5.74, 6) is 0. The fraction of sp³-hybridized carbons (Fsp3) is 0.364. The summed E-state index contributed by atoms with van der Waals surface area (Å²) in [4.78, 5) is 1.94. The molecular formula is C11H12Cl2N2. The first-order valence-electron chi connectivity index (χ1n) is 4.58. The Hall–Kier alpha value is -0.750. The minimum Gasteiger partial charge on any atom is -0.287 e. The molecule has 2 nitrogen and oxygen atoms in total. The smallest absolute Gasteiger partial charge is 0.0949 e. The molecule has 0 heterocycles. The van der Waals surface area contributed by atoms with Gasteiger partial charge in [-0.3, -0.25) is 4.90 Å². The lowest BCUT2D eigenvalue weighted by Gasteiger charge is -2.18. The van der Waals surface area contributed by atoms with Crippen LogP contribution in [-0.4, -0.2) is 18.0 Å². The van der Waals surface area contributed by atoms with Crippen molar-refractivity contribution < 1.29 is 0 Å². The molecule has 0 saturated carbocycles. The van der Waals surface area contributed by atoms with Crippen molar-refractivity contribution in [3.05, 3.63) is 33.8 Å². The van der Waals surface area contributed by atoms with Crippen molar-refractivity contribution in [1.82, 2.24) is 4.90 Å². The second-order valence-corrected chi connectivity index (χ2v) is 4.28. The maximum Gasteiger partial charge on any atom is 0.0949 e. The Bertz CT molecular complexity index is 385. The molecule has 0 N–H and O–H groups in total. The van der Waals surface area contributed by atoms with Gasteiger partial charge in [0.2, 0.25) is 0 Å². The Morgan fingerprint density at radius 1 is 1.40 bits per heavy atom. The normalized spacial score (nSPS) is 12.5. The van der Waals surface area contributed by atoms with E-state index in [1.54, 1.807) is 6.07 Å². The predicted octanol–water partition coefficient (Wildman–Crippen LogP) is 3.34. The van der Waals surface area contributed by atoms with Gasteiger partial charge < -0.3 is 0 Å². The van der Waals surface area contributed by atoms with Crippen molar-refractivity contribution in [3.8, 4) is 6.07 Å². The summed E-state index contributed by atoms with van der Waals surface area (Å²) in [6.45, 7) is 2.54. The van der Waals surface area contributed by atoms with E-state index in [0.717, 1.165) is 5.56 Å². The van der Waals surface area contributed by atoms with Crippen LogP contribution in [0.5, 0.6) is 0 Å². The highest BCUT2D eigenvalue weighted by atomic mass is 35.5. The Balaban J connectivity index is 2.74. The molecule has 0 aliphatic carbocycles. The largest absolute Gasteiger partial charge is 0.287 e. The molecule has 0 fully saturated rings. The van der Waals surface area contributed by atoms with Crippen molar-refractivity contribution in [2.45, 2.75) is 19.5 Å². The van der Waals surface area contributed by atoms with Gasteiger partial charge in [0.25, 0.3) is 0 Å². The molecule has 0 radical (unpaired) electrons. The monoisotopic (exact) mass is 242 g/mol. The molecule has 1 atom stereocenters. The third-order valence-corrected chi connectivity index (χ3v) is 3.00. The van der Waals surface area contributed by atoms with Gasteiger partial charge in [0.1, 0.15) is 0 Å². The lowest BCUT2D eigenvalue weighted by Crippen LogP contribution is -2.26. The van der Waals surface area contributed by atoms with E-state index in [2.05, 4.69) is 6.07 Å². The summed E-state index contributed by atoms with van der Waals surface area (Å²) < 4.78 is 0. The number of benzene rings is 1. The quantitative estimate of drug-likeness (QED) is 0.814. The molecule has 0 aliphatic rings. The van der Waals surface area contributed by atoms with E-state index in [1.165, 1.54) is 0 Å². The van der Waals surface area contributed by atoms with Gasteiger partial charge in [-0.05, 0) is 31.7 Å². The Labute approximate surface area is 100 Å². The fourth-order valence-corrected chi connectivity index (χ4v) is 1.48. The molecule has 0 saturated heterocycles. The van der Waals surface area contributed by atoms with Gasteiger partial charge in [0.15, 0.2) is 0 Å². The van der Waals surface area contributed by atoms with Crippen LogP contribution in [0.3, 0.4) is 0 Å². The highest BCUT2D eigenvalue weighted by molar-refractivity contribution is 6.42. The summed E-state index contributed by atoms with van der Waals surface area (Å²) in [5, 5.41) is 9.84. The average molecular weight is 243 g/mol. The van der Waals surface area contributed by atoms with Gasteiger partial charge in [-0.2, -0.15) is 5.26 Å². The van der Waals surface area contributed by atoms with Crippen LogP contribution in [0.2, 0.25) is 10.0 Å². The van der Waals surface area contributed by atoms with Crippen LogP contribution in [0.1, 0.15) is 12.5 Å². The summed E-state index contributed by atoms with van der Waals surface area (Å²) in [6, 6.07) is 7.57. The van der Waals surface area contributed by atoms with Crippen LogP contribution in [0.15, 0.2) is 18.2 Å². The Kier molecular flexibility index (Phi) is 4.41. The number of nitriles is 1. The van der Waals surface area contributed by atoms with Gasteiger partial charge >= 0.3 is 0 Å². The van der Waals surface area contributed by atoms with Crippen LogP contribution < -0.4 is 0 Å². The topological polar surface area (TPSA) is 27.0 Å². The average Bonchev–Trinajstić information content (AvgIpc) is 2.22. The van der Waals surface area contributed by atoms with E-state index in [-0.39, 0.29) is 6.04 Å².